The highest BCUT2D eigenvalue weighted by Gasteiger charge is 2.57. The summed E-state index contributed by atoms with van der Waals surface area (Å²) in [5.74, 6) is 0. The summed E-state index contributed by atoms with van der Waals surface area (Å²) in [5.41, 5.74) is 0.934. The monoisotopic (exact) mass is 196 g/mol. The Labute approximate surface area is 88.3 Å². The Morgan fingerprint density at radius 3 is 2.29 bits per heavy atom. The minimum absolute atomic E-state index is 0.414. The maximum Gasteiger partial charge on any atom is 0.0371 e. The second-order valence-corrected chi connectivity index (χ2v) is 6.00. The van der Waals surface area contributed by atoms with Crippen LogP contribution >= 0.6 is 0 Å². The first-order valence-corrected chi connectivity index (χ1v) is 5.84. The fourth-order valence-corrected chi connectivity index (χ4v) is 3.22. The molecule has 82 valence electrons. The van der Waals surface area contributed by atoms with Crippen molar-refractivity contribution in [1.82, 2.24) is 9.80 Å². The van der Waals surface area contributed by atoms with Crippen molar-refractivity contribution >= 4 is 0 Å². The van der Waals surface area contributed by atoms with Crippen LogP contribution in [0.3, 0.4) is 0 Å². The maximum atomic E-state index is 2.63. The van der Waals surface area contributed by atoms with Crippen molar-refractivity contribution in [2.75, 3.05) is 26.7 Å². The SMILES string of the molecule is CC(C)N1C[C@@]2(C)CCN(C)[C@@]2(C)C1. The highest BCUT2D eigenvalue weighted by Crippen LogP contribution is 2.50. The Balaban J connectivity index is 2.24. The van der Waals surface area contributed by atoms with E-state index in [2.05, 4.69) is 44.5 Å². The van der Waals surface area contributed by atoms with Gasteiger partial charge >= 0.3 is 0 Å². The van der Waals surface area contributed by atoms with Crippen LogP contribution in [-0.2, 0) is 0 Å². The average Bonchev–Trinajstić information content (AvgIpc) is 2.47. The van der Waals surface area contributed by atoms with E-state index in [9.17, 15) is 0 Å². The van der Waals surface area contributed by atoms with Crippen LogP contribution < -0.4 is 0 Å². The molecule has 0 bridgehead atoms. The van der Waals surface area contributed by atoms with E-state index in [4.69, 9.17) is 0 Å². The molecule has 2 saturated heterocycles. The van der Waals surface area contributed by atoms with E-state index >= 15 is 0 Å². The van der Waals surface area contributed by atoms with Crippen LogP contribution in [0.5, 0.6) is 0 Å². The summed E-state index contributed by atoms with van der Waals surface area (Å²) in [6, 6.07) is 0.697. The van der Waals surface area contributed by atoms with Gasteiger partial charge in [-0.3, -0.25) is 9.80 Å². The van der Waals surface area contributed by atoms with Gasteiger partial charge in [-0.15, -0.1) is 0 Å². The summed E-state index contributed by atoms with van der Waals surface area (Å²) in [6.45, 7) is 13.4. The van der Waals surface area contributed by atoms with Gasteiger partial charge in [0.25, 0.3) is 0 Å². The number of hydrogen-bond acceptors (Lipinski definition) is 2. The largest absolute Gasteiger partial charge is 0.299 e. The Kier molecular flexibility index (Phi) is 2.20. The highest BCUT2D eigenvalue weighted by molar-refractivity contribution is 5.13. The topological polar surface area (TPSA) is 6.48 Å². The first-order valence-electron chi connectivity index (χ1n) is 5.84. The lowest BCUT2D eigenvalue weighted by molar-refractivity contribution is 0.130. The lowest BCUT2D eigenvalue weighted by Gasteiger charge is -2.37. The molecular formula is C12H24N2. The molecule has 0 aliphatic carbocycles. The van der Waals surface area contributed by atoms with Gasteiger partial charge in [-0.2, -0.15) is 0 Å². The fourth-order valence-electron chi connectivity index (χ4n) is 3.22. The van der Waals surface area contributed by atoms with Gasteiger partial charge < -0.3 is 0 Å². The molecule has 0 aromatic heterocycles. The molecule has 0 saturated carbocycles. The van der Waals surface area contributed by atoms with Crippen LogP contribution in [0.25, 0.3) is 0 Å². The van der Waals surface area contributed by atoms with Gasteiger partial charge in [-0.1, -0.05) is 6.92 Å². The van der Waals surface area contributed by atoms with Crippen LogP contribution in [0.2, 0.25) is 0 Å². The third-order valence-corrected chi connectivity index (χ3v) is 4.94. The molecule has 0 unspecified atom stereocenters. The van der Waals surface area contributed by atoms with Gasteiger partial charge in [0.2, 0.25) is 0 Å². The number of likely N-dealkylation sites (N-methyl/N-ethyl adjacent to an activating group) is 1. The van der Waals surface area contributed by atoms with E-state index < -0.39 is 0 Å². The van der Waals surface area contributed by atoms with Crippen molar-refractivity contribution in [2.24, 2.45) is 5.41 Å². The zero-order chi connectivity index (χ0) is 10.6. The van der Waals surface area contributed by atoms with E-state index in [0.29, 0.717) is 17.0 Å². The Morgan fingerprint density at radius 1 is 1.14 bits per heavy atom. The van der Waals surface area contributed by atoms with E-state index in [1.54, 1.807) is 0 Å². The van der Waals surface area contributed by atoms with Crippen LogP contribution in [-0.4, -0.2) is 48.1 Å². The third-order valence-electron chi connectivity index (χ3n) is 4.94. The van der Waals surface area contributed by atoms with E-state index in [-0.39, 0.29) is 0 Å². The van der Waals surface area contributed by atoms with Gasteiger partial charge in [-0.05, 0) is 40.8 Å². The molecule has 0 aromatic rings. The van der Waals surface area contributed by atoms with Crippen LogP contribution in [0.4, 0.5) is 0 Å². The van der Waals surface area contributed by atoms with Crippen LogP contribution in [0, 0.1) is 5.41 Å². The Morgan fingerprint density at radius 2 is 1.79 bits per heavy atom. The van der Waals surface area contributed by atoms with Gasteiger partial charge in [0, 0.05) is 30.1 Å². The number of likely N-dealkylation sites (tertiary alicyclic amines) is 2. The van der Waals surface area contributed by atoms with Gasteiger partial charge in [0.15, 0.2) is 0 Å². The zero-order valence-corrected chi connectivity index (χ0v) is 10.3. The predicted molar refractivity (Wildman–Crippen MR) is 60.5 cm³/mol. The lowest BCUT2D eigenvalue weighted by atomic mass is 9.75. The zero-order valence-electron chi connectivity index (χ0n) is 10.3. The molecule has 2 fully saturated rings. The molecule has 2 rings (SSSR count). The summed E-state index contributed by atoms with van der Waals surface area (Å²) >= 11 is 0. The standard InChI is InChI=1S/C12H24N2/c1-10(2)14-8-11(3)6-7-13(5)12(11,4)9-14/h10H,6-9H2,1-5H3/t11-,12+/m1/s1. The fraction of sp³-hybridized carbons (Fsp3) is 1.00. The molecule has 2 aliphatic heterocycles. The van der Waals surface area contributed by atoms with Crippen molar-refractivity contribution in [3.8, 4) is 0 Å². The maximum absolute atomic E-state index is 2.63. The smallest absolute Gasteiger partial charge is 0.0371 e. The third kappa shape index (κ3) is 1.17. The highest BCUT2D eigenvalue weighted by atomic mass is 15.3. The van der Waals surface area contributed by atoms with E-state index in [1.165, 1.54) is 26.1 Å². The summed E-state index contributed by atoms with van der Waals surface area (Å²) in [5, 5.41) is 0. The second kappa shape index (κ2) is 2.96. The second-order valence-electron chi connectivity index (χ2n) is 6.00. The van der Waals surface area contributed by atoms with Crippen molar-refractivity contribution in [3.63, 3.8) is 0 Å². The van der Waals surface area contributed by atoms with E-state index in [0.717, 1.165) is 0 Å². The number of nitrogens with zero attached hydrogens (tertiary/aromatic N) is 2. The molecule has 0 spiro atoms. The minimum Gasteiger partial charge on any atom is -0.299 e. The summed E-state index contributed by atoms with van der Waals surface area (Å²) in [4.78, 5) is 5.20. The number of hydrogen-bond donors (Lipinski definition) is 0. The molecule has 2 aliphatic rings. The summed E-state index contributed by atoms with van der Waals surface area (Å²) < 4.78 is 0. The minimum atomic E-state index is 0.414. The molecule has 0 radical (unpaired) electrons. The van der Waals surface area contributed by atoms with Crippen LogP contribution in [0.1, 0.15) is 34.1 Å². The molecule has 2 heteroatoms. The first kappa shape index (κ1) is 10.4. The summed E-state index contributed by atoms with van der Waals surface area (Å²) in [7, 11) is 2.29. The molecule has 2 nitrogen and oxygen atoms in total. The number of fused-ring (bicyclic) bond motifs is 1. The molecule has 2 heterocycles. The Hall–Kier alpha value is -0.0800. The average molecular weight is 196 g/mol. The molecule has 0 N–H and O–H groups in total. The molecule has 2 atom stereocenters. The predicted octanol–water partition coefficient (Wildman–Crippen LogP) is 1.81. The van der Waals surface area contributed by atoms with Gasteiger partial charge in [0.05, 0.1) is 0 Å². The van der Waals surface area contributed by atoms with Gasteiger partial charge in [0.1, 0.15) is 0 Å². The van der Waals surface area contributed by atoms with Crippen molar-refractivity contribution in [1.29, 1.82) is 0 Å². The van der Waals surface area contributed by atoms with Crippen LogP contribution in [0.15, 0.2) is 0 Å². The molecule has 0 aromatic carbocycles. The first-order chi connectivity index (χ1) is 6.39. The molecule has 14 heavy (non-hydrogen) atoms. The van der Waals surface area contributed by atoms with Crippen molar-refractivity contribution in [3.05, 3.63) is 0 Å². The molecule has 0 amide bonds. The normalized spacial score (nSPS) is 45.0. The molecular weight excluding hydrogens is 172 g/mol. The lowest BCUT2D eigenvalue weighted by Crippen LogP contribution is -2.48. The van der Waals surface area contributed by atoms with Gasteiger partial charge in [-0.25, -0.2) is 0 Å². The number of rotatable bonds is 1. The van der Waals surface area contributed by atoms with Crippen molar-refractivity contribution < 1.29 is 0 Å². The summed E-state index contributed by atoms with van der Waals surface area (Å²) in [6.07, 6.45) is 1.36. The van der Waals surface area contributed by atoms with E-state index in [1.807, 2.05) is 0 Å². The quantitative estimate of drug-likeness (QED) is 0.631. The van der Waals surface area contributed by atoms with Crippen molar-refractivity contribution in [2.45, 2.75) is 45.7 Å². The Bertz CT molecular complexity index is 238.